The highest BCUT2D eigenvalue weighted by Crippen LogP contribution is 2.28. The van der Waals surface area contributed by atoms with Gasteiger partial charge in [-0.1, -0.05) is 18.2 Å². The van der Waals surface area contributed by atoms with Gasteiger partial charge in [0.2, 0.25) is 0 Å². The van der Waals surface area contributed by atoms with Gasteiger partial charge < -0.3 is 14.5 Å². The molecule has 140 valence electrons. The molecule has 0 radical (unpaired) electrons. The van der Waals surface area contributed by atoms with Crippen LogP contribution < -0.4 is 20.3 Å². The number of amides is 2. The molecule has 0 saturated carbocycles. The number of H-pyrrole nitrogens is 1. The molecule has 3 rings (SSSR count). The summed E-state index contributed by atoms with van der Waals surface area (Å²) >= 11 is 0. The Hall–Kier alpha value is -3.48. The van der Waals surface area contributed by atoms with Crippen LogP contribution in [0.15, 0.2) is 48.7 Å². The number of aromatic amines is 1. The van der Waals surface area contributed by atoms with E-state index in [1.54, 1.807) is 24.4 Å². The highest BCUT2D eigenvalue weighted by atomic mass is 16.5. The molecule has 27 heavy (non-hydrogen) atoms. The molecule has 0 aliphatic carbocycles. The molecule has 2 amide bonds. The van der Waals surface area contributed by atoms with Gasteiger partial charge >= 0.3 is 0 Å². The Labute approximate surface area is 156 Å². The molecule has 7 nitrogen and oxygen atoms in total. The minimum Gasteiger partial charge on any atom is -0.493 e. The first-order valence-electron chi connectivity index (χ1n) is 8.51. The molecule has 3 aromatic rings. The largest absolute Gasteiger partial charge is 0.493 e. The van der Waals surface area contributed by atoms with E-state index in [0.29, 0.717) is 22.6 Å². The van der Waals surface area contributed by atoms with Crippen molar-refractivity contribution in [3.8, 4) is 11.5 Å². The van der Waals surface area contributed by atoms with E-state index in [1.165, 1.54) is 7.11 Å². The molecule has 0 spiro atoms. The zero-order valence-corrected chi connectivity index (χ0v) is 15.3. The van der Waals surface area contributed by atoms with Gasteiger partial charge in [-0.25, -0.2) is 0 Å². The summed E-state index contributed by atoms with van der Waals surface area (Å²) in [5.41, 5.74) is 6.47. The molecule has 0 saturated heterocycles. The first-order valence-corrected chi connectivity index (χ1v) is 8.51. The molecule has 0 unspecified atom stereocenters. The van der Waals surface area contributed by atoms with E-state index >= 15 is 0 Å². The summed E-state index contributed by atoms with van der Waals surface area (Å²) in [7, 11) is 1.50. The van der Waals surface area contributed by atoms with Crippen LogP contribution in [-0.2, 0) is 0 Å². The van der Waals surface area contributed by atoms with Crippen LogP contribution in [0.4, 0.5) is 0 Å². The fourth-order valence-electron chi connectivity index (χ4n) is 2.67. The van der Waals surface area contributed by atoms with Gasteiger partial charge in [-0.05, 0) is 38.1 Å². The zero-order chi connectivity index (χ0) is 19.4. The van der Waals surface area contributed by atoms with E-state index in [0.717, 1.165) is 10.9 Å². The number of fused-ring (bicyclic) bond motifs is 1. The van der Waals surface area contributed by atoms with E-state index in [4.69, 9.17) is 9.47 Å². The number of rotatable bonds is 5. The van der Waals surface area contributed by atoms with Gasteiger partial charge in [-0.2, -0.15) is 0 Å². The second kappa shape index (κ2) is 7.82. The Balaban J connectivity index is 1.69. The Morgan fingerprint density at radius 2 is 1.74 bits per heavy atom. The summed E-state index contributed by atoms with van der Waals surface area (Å²) in [6.45, 7) is 3.81. The highest BCUT2D eigenvalue weighted by molar-refractivity contribution is 6.07. The van der Waals surface area contributed by atoms with Crippen molar-refractivity contribution in [1.82, 2.24) is 15.8 Å². The van der Waals surface area contributed by atoms with Crippen molar-refractivity contribution in [2.75, 3.05) is 7.11 Å². The monoisotopic (exact) mass is 367 g/mol. The van der Waals surface area contributed by atoms with Crippen LogP contribution in [-0.4, -0.2) is 30.0 Å². The van der Waals surface area contributed by atoms with Crippen molar-refractivity contribution < 1.29 is 19.1 Å². The summed E-state index contributed by atoms with van der Waals surface area (Å²) in [6.07, 6.45) is 1.58. The third-order valence-electron chi connectivity index (χ3n) is 3.91. The number of aromatic nitrogens is 1. The fourth-order valence-corrected chi connectivity index (χ4v) is 2.67. The quantitative estimate of drug-likeness (QED) is 0.605. The number of nitrogens with one attached hydrogen (secondary N) is 3. The van der Waals surface area contributed by atoms with Crippen molar-refractivity contribution in [2.45, 2.75) is 20.0 Å². The molecular weight excluding hydrogens is 346 g/mol. The molecule has 0 atom stereocenters. The highest BCUT2D eigenvalue weighted by Gasteiger charge is 2.15. The van der Waals surface area contributed by atoms with Crippen molar-refractivity contribution in [3.63, 3.8) is 0 Å². The van der Waals surface area contributed by atoms with Crippen LogP contribution >= 0.6 is 0 Å². The maximum Gasteiger partial charge on any atom is 0.271 e. The third-order valence-corrected chi connectivity index (χ3v) is 3.91. The number of benzene rings is 2. The molecular formula is C20H21N3O4. The molecule has 0 aliphatic rings. The van der Waals surface area contributed by atoms with E-state index in [9.17, 15) is 9.59 Å². The molecule has 0 fully saturated rings. The maximum absolute atomic E-state index is 12.4. The van der Waals surface area contributed by atoms with Gasteiger partial charge in [0.1, 0.15) is 0 Å². The number of carbonyl (C=O) groups is 2. The van der Waals surface area contributed by atoms with Crippen molar-refractivity contribution in [3.05, 3.63) is 59.8 Å². The van der Waals surface area contributed by atoms with E-state index in [1.807, 2.05) is 38.1 Å². The summed E-state index contributed by atoms with van der Waals surface area (Å²) in [6, 6.07) is 12.3. The lowest BCUT2D eigenvalue weighted by Gasteiger charge is -2.14. The number of ether oxygens (including phenoxy) is 2. The van der Waals surface area contributed by atoms with Crippen LogP contribution in [0.1, 0.15) is 34.6 Å². The number of methoxy groups -OCH3 is 1. The van der Waals surface area contributed by atoms with Gasteiger partial charge in [0.25, 0.3) is 11.8 Å². The molecule has 0 aliphatic heterocycles. The predicted octanol–water partition coefficient (Wildman–Crippen LogP) is 3.04. The van der Waals surface area contributed by atoms with E-state index in [2.05, 4.69) is 15.8 Å². The Bertz CT molecular complexity index is 978. The second-order valence-electron chi connectivity index (χ2n) is 6.19. The molecule has 7 heteroatoms. The average Bonchev–Trinajstić information content (AvgIpc) is 3.10. The predicted molar refractivity (Wildman–Crippen MR) is 102 cm³/mol. The smallest absolute Gasteiger partial charge is 0.271 e. The summed E-state index contributed by atoms with van der Waals surface area (Å²) < 4.78 is 10.9. The zero-order valence-electron chi connectivity index (χ0n) is 15.3. The minimum atomic E-state index is -0.461. The minimum absolute atomic E-state index is 0.0194. The first kappa shape index (κ1) is 18.3. The normalized spacial score (nSPS) is 10.7. The number of hydrazine groups is 1. The Morgan fingerprint density at radius 1 is 1.00 bits per heavy atom. The van der Waals surface area contributed by atoms with Crippen molar-refractivity contribution in [1.29, 1.82) is 0 Å². The second-order valence-corrected chi connectivity index (χ2v) is 6.19. The molecule has 1 heterocycles. The topological polar surface area (TPSA) is 92.5 Å². The molecule has 0 bridgehead atoms. The molecule has 1 aromatic heterocycles. The van der Waals surface area contributed by atoms with Crippen molar-refractivity contribution >= 4 is 22.7 Å². The van der Waals surface area contributed by atoms with E-state index in [-0.39, 0.29) is 6.10 Å². The first-order chi connectivity index (χ1) is 13.0. The van der Waals surface area contributed by atoms with Gasteiger partial charge in [-0.3, -0.25) is 20.4 Å². The molecule has 2 aromatic carbocycles. The number of hydrogen-bond donors (Lipinski definition) is 3. The lowest BCUT2D eigenvalue weighted by Crippen LogP contribution is -2.41. The van der Waals surface area contributed by atoms with Crippen LogP contribution in [0, 0.1) is 0 Å². The standard InChI is InChI=1S/C20H21N3O4/c1-12(2)27-17-9-8-13(10-18(17)26-3)19(24)22-23-20(25)15-11-21-16-7-5-4-6-14(15)16/h4-12,21H,1-3H3,(H,22,24)(H,23,25). The van der Waals surface area contributed by atoms with Gasteiger partial charge in [0, 0.05) is 22.7 Å². The summed E-state index contributed by atoms with van der Waals surface area (Å²) in [5, 5.41) is 0.779. The third kappa shape index (κ3) is 4.03. The molecule has 3 N–H and O–H groups in total. The van der Waals surface area contributed by atoms with Crippen LogP contribution in [0.3, 0.4) is 0 Å². The Kier molecular flexibility index (Phi) is 5.30. The van der Waals surface area contributed by atoms with E-state index < -0.39 is 11.8 Å². The average molecular weight is 367 g/mol. The number of para-hydroxylation sites is 1. The van der Waals surface area contributed by atoms with Crippen molar-refractivity contribution in [2.24, 2.45) is 0 Å². The maximum atomic E-state index is 12.4. The lowest BCUT2D eigenvalue weighted by molar-refractivity contribution is 0.0847. The van der Waals surface area contributed by atoms with Gasteiger partial charge in [0.15, 0.2) is 11.5 Å². The SMILES string of the molecule is COc1cc(C(=O)NNC(=O)c2c[nH]c3ccccc23)ccc1OC(C)C. The summed E-state index contributed by atoms with van der Waals surface area (Å²) in [4.78, 5) is 27.7. The number of hydrogen-bond acceptors (Lipinski definition) is 4. The summed E-state index contributed by atoms with van der Waals surface area (Å²) in [5.74, 6) is 0.122. The lowest BCUT2D eigenvalue weighted by atomic mass is 10.1. The van der Waals surface area contributed by atoms with Crippen LogP contribution in [0.5, 0.6) is 11.5 Å². The van der Waals surface area contributed by atoms with Crippen LogP contribution in [0.2, 0.25) is 0 Å². The fraction of sp³-hybridized carbons (Fsp3) is 0.200. The van der Waals surface area contributed by atoms with Crippen LogP contribution in [0.25, 0.3) is 10.9 Å². The Morgan fingerprint density at radius 3 is 2.48 bits per heavy atom. The van der Waals surface area contributed by atoms with Gasteiger partial charge in [-0.15, -0.1) is 0 Å². The van der Waals surface area contributed by atoms with Gasteiger partial charge in [0.05, 0.1) is 18.8 Å². The number of carbonyl (C=O) groups excluding carboxylic acids is 2.